The molecule has 0 bridgehead atoms. The van der Waals surface area contributed by atoms with E-state index in [9.17, 15) is 9.59 Å². The highest BCUT2D eigenvalue weighted by atomic mass is 16.5. The third-order valence-electron chi connectivity index (χ3n) is 4.08. The van der Waals surface area contributed by atoms with E-state index < -0.39 is 0 Å². The van der Waals surface area contributed by atoms with E-state index in [1.807, 2.05) is 26.0 Å². The summed E-state index contributed by atoms with van der Waals surface area (Å²) in [7, 11) is 0. The number of ether oxygens (including phenoxy) is 2. The standard InChI is InChI=1S/C18H24O4/c1-3-16-11-14(12-17(19)22-16)5-4-10-21-18(20)15-8-6-13(2)7-9-15/h6-9,14,16H,3-5,10-12H2,1-2H3/t14-,16+/m1/s1. The molecule has 1 heterocycles. The van der Waals surface area contributed by atoms with Gasteiger partial charge in [-0.25, -0.2) is 4.79 Å². The third kappa shape index (κ3) is 4.86. The number of hydrogen-bond acceptors (Lipinski definition) is 4. The average molecular weight is 304 g/mol. The summed E-state index contributed by atoms with van der Waals surface area (Å²) in [6, 6.07) is 7.35. The molecule has 0 unspecified atom stereocenters. The number of aryl methyl sites for hydroxylation is 1. The van der Waals surface area contributed by atoms with Crippen molar-refractivity contribution in [3.63, 3.8) is 0 Å². The van der Waals surface area contributed by atoms with Crippen LogP contribution < -0.4 is 0 Å². The van der Waals surface area contributed by atoms with Crippen molar-refractivity contribution in [2.24, 2.45) is 5.92 Å². The molecule has 1 aromatic carbocycles. The van der Waals surface area contributed by atoms with Crippen LogP contribution in [-0.4, -0.2) is 24.6 Å². The maximum absolute atomic E-state index is 11.9. The van der Waals surface area contributed by atoms with Crippen LogP contribution in [0.3, 0.4) is 0 Å². The molecule has 0 saturated carbocycles. The molecular formula is C18H24O4. The van der Waals surface area contributed by atoms with E-state index >= 15 is 0 Å². The first kappa shape index (κ1) is 16.5. The predicted octanol–water partition coefficient (Wildman–Crippen LogP) is 3.66. The number of hydrogen-bond donors (Lipinski definition) is 0. The molecule has 1 aliphatic heterocycles. The molecule has 0 N–H and O–H groups in total. The predicted molar refractivity (Wildman–Crippen MR) is 83.6 cm³/mol. The Morgan fingerprint density at radius 1 is 1.32 bits per heavy atom. The summed E-state index contributed by atoms with van der Waals surface area (Å²) < 4.78 is 10.5. The number of esters is 2. The second-order valence-electron chi connectivity index (χ2n) is 5.97. The molecule has 0 radical (unpaired) electrons. The van der Waals surface area contributed by atoms with Crippen LogP contribution in [0.15, 0.2) is 24.3 Å². The molecule has 1 saturated heterocycles. The minimum Gasteiger partial charge on any atom is -0.462 e. The van der Waals surface area contributed by atoms with E-state index in [-0.39, 0.29) is 18.0 Å². The summed E-state index contributed by atoms with van der Waals surface area (Å²) in [6.07, 6.45) is 4.02. The minimum absolute atomic E-state index is 0.0568. The molecule has 1 aliphatic rings. The van der Waals surface area contributed by atoms with Gasteiger partial charge in [0.05, 0.1) is 12.2 Å². The molecule has 2 rings (SSSR count). The molecule has 0 amide bonds. The van der Waals surface area contributed by atoms with E-state index in [0.29, 0.717) is 24.5 Å². The second kappa shape index (κ2) is 7.97. The van der Waals surface area contributed by atoms with Gasteiger partial charge in [-0.3, -0.25) is 4.79 Å². The number of cyclic esters (lactones) is 1. The maximum Gasteiger partial charge on any atom is 0.338 e. The van der Waals surface area contributed by atoms with E-state index in [1.165, 1.54) is 0 Å². The van der Waals surface area contributed by atoms with Gasteiger partial charge in [0.25, 0.3) is 0 Å². The quantitative estimate of drug-likeness (QED) is 0.594. The summed E-state index contributed by atoms with van der Waals surface area (Å²) >= 11 is 0. The highest BCUT2D eigenvalue weighted by Gasteiger charge is 2.27. The van der Waals surface area contributed by atoms with Crippen LogP contribution in [0.5, 0.6) is 0 Å². The molecule has 4 heteroatoms. The van der Waals surface area contributed by atoms with Crippen molar-refractivity contribution in [1.82, 2.24) is 0 Å². The van der Waals surface area contributed by atoms with Crippen molar-refractivity contribution < 1.29 is 19.1 Å². The number of benzene rings is 1. The number of rotatable bonds is 6. The fourth-order valence-electron chi connectivity index (χ4n) is 2.75. The van der Waals surface area contributed by atoms with Gasteiger partial charge in [0.2, 0.25) is 0 Å². The van der Waals surface area contributed by atoms with Gasteiger partial charge in [0, 0.05) is 6.42 Å². The number of carbonyl (C=O) groups is 2. The number of carbonyl (C=O) groups excluding carboxylic acids is 2. The zero-order valence-electron chi connectivity index (χ0n) is 13.3. The summed E-state index contributed by atoms with van der Waals surface area (Å²) in [5.74, 6) is -0.0292. The molecule has 0 spiro atoms. The first-order valence-electron chi connectivity index (χ1n) is 8.01. The van der Waals surface area contributed by atoms with Gasteiger partial charge >= 0.3 is 11.9 Å². The Bertz CT molecular complexity index is 506. The molecule has 120 valence electrons. The smallest absolute Gasteiger partial charge is 0.338 e. The molecule has 1 fully saturated rings. The second-order valence-corrected chi connectivity index (χ2v) is 5.97. The Balaban J connectivity index is 1.69. The largest absolute Gasteiger partial charge is 0.462 e. The monoisotopic (exact) mass is 304 g/mol. The van der Waals surface area contributed by atoms with Crippen molar-refractivity contribution in [2.75, 3.05) is 6.61 Å². The van der Waals surface area contributed by atoms with Crippen LogP contribution in [0, 0.1) is 12.8 Å². The molecule has 22 heavy (non-hydrogen) atoms. The van der Waals surface area contributed by atoms with Crippen LogP contribution in [-0.2, 0) is 14.3 Å². The van der Waals surface area contributed by atoms with Gasteiger partial charge in [-0.05, 0) is 50.7 Å². The van der Waals surface area contributed by atoms with Crippen LogP contribution in [0.1, 0.15) is 54.9 Å². The van der Waals surface area contributed by atoms with E-state index in [0.717, 1.165) is 31.2 Å². The maximum atomic E-state index is 11.9. The lowest BCUT2D eigenvalue weighted by atomic mass is 9.90. The van der Waals surface area contributed by atoms with Crippen LogP contribution in [0.25, 0.3) is 0 Å². The summed E-state index contributed by atoms with van der Waals surface area (Å²) in [5, 5.41) is 0. The highest BCUT2D eigenvalue weighted by molar-refractivity contribution is 5.89. The summed E-state index contributed by atoms with van der Waals surface area (Å²) in [5.41, 5.74) is 1.70. The lowest BCUT2D eigenvalue weighted by Crippen LogP contribution is -2.29. The minimum atomic E-state index is -0.283. The molecule has 2 atom stereocenters. The van der Waals surface area contributed by atoms with E-state index in [1.54, 1.807) is 12.1 Å². The van der Waals surface area contributed by atoms with E-state index in [4.69, 9.17) is 9.47 Å². The van der Waals surface area contributed by atoms with Crippen molar-refractivity contribution in [3.8, 4) is 0 Å². The lowest BCUT2D eigenvalue weighted by molar-refractivity contribution is -0.157. The molecule has 4 nitrogen and oxygen atoms in total. The van der Waals surface area contributed by atoms with Gasteiger partial charge in [0.15, 0.2) is 0 Å². The fourth-order valence-corrected chi connectivity index (χ4v) is 2.75. The Kier molecular flexibility index (Phi) is 5.99. The Hall–Kier alpha value is -1.84. The third-order valence-corrected chi connectivity index (χ3v) is 4.08. The molecule has 1 aromatic rings. The van der Waals surface area contributed by atoms with Crippen LogP contribution in [0.4, 0.5) is 0 Å². The van der Waals surface area contributed by atoms with Crippen LogP contribution in [0.2, 0.25) is 0 Å². The average Bonchev–Trinajstić information content (AvgIpc) is 2.51. The summed E-state index contributed by atoms with van der Waals surface area (Å²) in [4.78, 5) is 23.3. The Morgan fingerprint density at radius 3 is 2.73 bits per heavy atom. The van der Waals surface area contributed by atoms with Crippen LogP contribution >= 0.6 is 0 Å². The van der Waals surface area contributed by atoms with Gasteiger partial charge in [-0.2, -0.15) is 0 Å². The molecule has 0 aliphatic carbocycles. The topological polar surface area (TPSA) is 52.6 Å². The van der Waals surface area contributed by atoms with Crippen molar-refractivity contribution >= 4 is 11.9 Å². The molecular weight excluding hydrogens is 280 g/mol. The Morgan fingerprint density at radius 2 is 2.05 bits per heavy atom. The van der Waals surface area contributed by atoms with Gasteiger partial charge in [-0.1, -0.05) is 24.6 Å². The zero-order valence-corrected chi connectivity index (χ0v) is 13.3. The fraction of sp³-hybridized carbons (Fsp3) is 0.556. The lowest BCUT2D eigenvalue weighted by Gasteiger charge is -2.28. The normalized spacial score (nSPS) is 21.3. The first-order chi connectivity index (χ1) is 10.6. The van der Waals surface area contributed by atoms with Crippen molar-refractivity contribution in [2.45, 2.75) is 52.1 Å². The Labute approximate surface area is 131 Å². The van der Waals surface area contributed by atoms with Gasteiger partial charge in [0.1, 0.15) is 6.10 Å². The van der Waals surface area contributed by atoms with Crippen molar-refractivity contribution in [1.29, 1.82) is 0 Å². The van der Waals surface area contributed by atoms with Gasteiger partial charge < -0.3 is 9.47 Å². The zero-order chi connectivity index (χ0) is 15.9. The SMILES string of the molecule is CC[C@H]1C[C@@H](CCCOC(=O)c2ccc(C)cc2)CC(=O)O1. The van der Waals surface area contributed by atoms with Crippen molar-refractivity contribution in [3.05, 3.63) is 35.4 Å². The highest BCUT2D eigenvalue weighted by Crippen LogP contribution is 2.26. The van der Waals surface area contributed by atoms with Gasteiger partial charge in [-0.15, -0.1) is 0 Å². The first-order valence-corrected chi connectivity index (χ1v) is 8.01. The summed E-state index contributed by atoms with van der Waals surface area (Å²) in [6.45, 7) is 4.41. The molecule has 0 aromatic heterocycles. The van der Waals surface area contributed by atoms with E-state index in [2.05, 4.69) is 0 Å².